The Bertz CT molecular complexity index is 1000. The van der Waals surface area contributed by atoms with Crippen LogP contribution in [0.2, 0.25) is 0 Å². The van der Waals surface area contributed by atoms with Gasteiger partial charge in [0.15, 0.2) is 17.3 Å². The summed E-state index contributed by atoms with van der Waals surface area (Å²) in [7, 11) is 6.22. The average molecular weight is 440 g/mol. The van der Waals surface area contributed by atoms with E-state index in [1.54, 1.807) is 40.4 Å². The Kier molecular flexibility index (Phi) is 7.41. The second-order valence-electron chi connectivity index (χ2n) is 7.30. The molecular formula is C25H28O7. The first-order chi connectivity index (χ1) is 15.5. The Hall–Kier alpha value is -3.48. The van der Waals surface area contributed by atoms with Crippen LogP contribution in [-0.2, 0) is 14.3 Å². The molecule has 0 fully saturated rings. The number of para-hydroxylation sites is 1. The fourth-order valence-electron chi connectivity index (χ4n) is 4.07. The summed E-state index contributed by atoms with van der Waals surface area (Å²) in [6, 6.07) is 10.9. The molecule has 0 amide bonds. The maximum Gasteiger partial charge on any atom is 0.317 e. The van der Waals surface area contributed by atoms with Gasteiger partial charge in [0.25, 0.3) is 0 Å². The summed E-state index contributed by atoms with van der Waals surface area (Å²) in [5, 5.41) is 0. The third-order valence-electron chi connectivity index (χ3n) is 5.56. The van der Waals surface area contributed by atoms with Crippen molar-refractivity contribution < 1.29 is 33.3 Å². The average Bonchev–Trinajstić information content (AvgIpc) is 2.82. The normalized spacial score (nSPS) is 17.9. The molecule has 7 nitrogen and oxygen atoms in total. The molecule has 7 heteroatoms. The van der Waals surface area contributed by atoms with E-state index >= 15 is 0 Å². The lowest BCUT2D eigenvalue weighted by Crippen LogP contribution is -2.34. The maximum absolute atomic E-state index is 13.2. The largest absolute Gasteiger partial charge is 0.497 e. The lowest BCUT2D eigenvalue weighted by molar-refractivity contribution is -0.151. The van der Waals surface area contributed by atoms with Crippen LogP contribution in [0.15, 0.2) is 42.5 Å². The van der Waals surface area contributed by atoms with Crippen LogP contribution in [-0.4, -0.2) is 46.8 Å². The van der Waals surface area contributed by atoms with E-state index in [1.165, 1.54) is 13.2 Å². The highest BCUT2D eigenvalue weighted by Gasteiger charge is 2.41. The predicted molar refractivity (Wildman–Crippen MR) is 120 cm³/mol. The molecule has 170 valence electrons. The van der Waals surface area contributed by atoms with Gasteiger partial charge in [-0.05, 0) is 48.8 Å². The van der Waals surface area contributed by atoms with Crippen molar-refractivity contribution in [2.45, 2.75) is 19.3 Å². The van der Waals surface area contributed by atoms with Gasteiger partial charge in [-0.3, -0.25) is 9.59 Å². The van der Waals surface area contributed by atoms with E-state index in [-0.39, 0.29) is 12.4 Å². The van der Waals surface area contributed by atoms with E-state index in [0.29, 0.717) is 35.0 Å². The van der Waals surface area contributed by atoms with Crippen LogP contribution < -0.4 is 18.9 Å². The number of benzene rings is 2. The van der Waals surface area contributed by atoms with Gasteiger partial charge in [0.2, 0.25) is 0 Å². The van der Waals surface area contributed by atoms with Crippen molar-refractivity contribution >= 4 is 17.3 Å². The Morgan fingerprint density at radius 1 is 0.969 bits per heavy atom. The van der Waals surface area contributed by atoms with Crippen LogP contribution in [0.3, 0.4) is 0 Å². The van der Waals surface area contributed by atoms with E-state index in [4.69, 9.17) is 23.7 Å². The number of carbonyl (C=O) groups is 2. The lowest BCUT2D eigenvalue weighted by atomic mass is 9.73. The van der Waals surface area contributed by atoms with Crippen molar-refractivity contribution in [3.63, 3.8) is 0 Å². The van der Waals surface area contributed by atoms with E-state index in [2.05, 4.69) is 0 Å². The zero-order chi connectivity index (χ0) is 23.3. The highest BCUT2D eigenvalue weighted by Crippen LogP contribution is 2.46. The van der Waals surface area contributed by atoms with Gasteiger partial charge < -0.3 is 23.7 Å². The molecule has 1 aliphatic rings. The summed E-state index contributed by atoms with van der Waals surface area (Å²) in [5.74, 6) is -0.111. The summed E-state index contributed by atoms with van der Waals surface area (Å²) >= 11 is 0. The van der Waals surface area contributed by atoms with Crippen LogP contribution in [0.25, 0.3) is 5.57 Å². The van der Waals surface area contributed by atoms with Gasteiger partial charge in [0.05, 0.1) is 35.0 Å². The van der Waals surface area contributed by atoms with Crippen molar-refractivity contribution in [3.05, 3.63) is 53.6 Å². The molecular weight excluding hydrogens is 412 g/mol. The van der Waals surface area contributed by atoms with Crippen LogP contribution in [0.1, 0.15) is 30.4 Å². The summed E-state index contributed by atoms with van der Waals surface area (Å²) in [5.41, 5.74) is 2.25. The summed E-state index contributed by atoms with van der Waals surface area (Å²) in [6.07, 6.45) is 1.92. The van der Waals surface area contributed by atoms with E-state index in [0.717, 1.165) is 11.1 Å². The van der Waals surface area contributed by atoms with Gasteiger partial charge in [-0.1, -0.05) is 12.1 Å². The van der Waals surface area contributed by atoms with E-state index in [9.17, 15) is 9.59 Å². The fraction of sp³-hybridized carbons (Fsp3) is 0.360. The summed E-state index contributed by atoms with van der Waals surface area (Å²) in [4.78, 5) is 26.0. The number of carbonyl (C=O) groups excluding carboxylic acids is 2. The number of esters is 1. The van der Waals surface area contributed by atoms with Gasteiger partial charge in [-0.15, -0.1) is 0 Å². The molecule has 0 unspecified atom stereocenters. The maximum atomic E-state index is 13.2. The first kappa shape index (κ1) is 23.2. The predicted octanol–water partition coefficient (Wildman–Crippen LogP) is 4.04. The van der Waals surface area contributed by atoms with Gasteiger partial charge in [0.1, 0.15) is 17.4 Å². The van der Waals surface area contributed by atoms with Crippen LogP contribution in [0, 0.1) is 5.92 Å². The van der Waals surface area contributed by atoms with Crippen molar-refractivity contribution in [1.82, 2.24) is 0 Å². The number of ketones is 1. The molecule has 1 aliphatic carbocycles. The van der Waals surface area contributed by atoms with Gasteiger partial charge in [0, 0.05) is 17.5 Å². The Balaban J connectivity index is 2.14. The number of rotatable bonds is 8. The molecule has 0 radical (unpaired) electrons. The molecule has 0 spiro atoms. The minimum atomic E-state index is -0.979. The Labute approximate surface area is 187 Å². The molecule has 2 atom stereocenters. The minimum Gasteiger partial charge on any atom is -0.497 e. The molecule has 3 rings (SSSR count). The smallest absolute Gasteiger partial charge is 0.317 e. The molecule has 32 heavy (non-hydrogen) atoms. The lowest BCUT2D eigenvalue weighted by Gasteiger charge is -2.31. The third-order valence-corrected chi connectivity index (χ3v) is 5.56. The number of hydrogen-bond acceptors (Lipinski definition) is 7. The van der Waals surface area contributed by atoms with Gasteiger partial charge in [-0.25, -0.2) is 0 Å². The zero-order valence-corrected chi connectivity index (χ0v) is 19.0. The minimum absolute atomic E-state index is 0.189. The van der Waals surface area contributed by atoms with Crippen molar-refractivity contribution in [2.24, 2.45) is 5.92 Å². The molecule has 0 aromatic heterocycles. The molecule has 0 heterocycles. The molecule has 0 N–H and O–H groups in total. The zero-order valence-electron chi connectivity index (χ0n) is 19.0. The first-order valence-corrected chi connectivity index (χ1v) is 10.3. The van der Waals surface area contributed by atoms with Crippen molar-refractivity contribution in [1.29, 1.82) is 0 Å². The molecule has 0 saturated heterocycles. The number of ether oxygens (including phenoxy) is 5. The van der Waals surface area contributed by atoms with E-state index in [1.807, 2.05) is 24.3 Å². The second-order valence-corrected chi connectivity index (χ2v) is 7.30. The molecule has 0 saturated carbocycles. The monoisotopic (exact) mass is 440 g/mol. The Morgan fingerprint density at radius 3 is 2.22 bits per heavy atom. The highest BCUT2D eigenvalue weighted by molar-refractivity contribution is 6.10. The quantitative estimate of drug-likeness (QED) is 0.453. The topological polar surface area (TPSA) is 80.3 Å². The summed E-state index contributed by atoms with van der Waals surface area (Å²) in [6.45, 7) is 1.91. The highest BCUT2D eigenvalue weighted by atomic mass is 16.5. The SMILES string of the molecule is CCOC(=O)[C@H]1C(=O)C=C(c2cc(OC)cc(OC)c2)C[C@H]1c1cccc(OC)c1OC. The number of hydrogen-bond donors (Lipinski definition) is 0. The molecule has 0 bridgehead atoms. The van der Waals surface area contributed by atoms with Crippen molar-refractivity contribution in [2.75, 3.05) is 35.0 Å². The fourth-order valence-corrected chi connectivity index (χ4v) is 4.07. The van der Waals surface area contributed by atoms with Crippen LogP contribution >= 0.6 is 0 Å². The standard InChI is InChI=1S/C25H28O7/c1-6-32-25(27)23-20(19-8-7-9-22(30-4)24(19)31-5)12-16(13-21(23)26)15-10-17(28-2)14-18(11-15)29-3/h7-11,13-14,20,23H,6,12H2,1-5H3/t20-,23+/m0/s1. The molecule has 0 aliphatic heterocycles. The second kappa shape index (κ2) is 10.2. The van der Waals surface area contributed by atoms with Gasteiger partial charge in [-0.2, -0.15) is 0 Å². The molecule has 2 aromatic rings. The number of methoxy groups -OCH3 is 4. The van der Waals surface area contributed by atoms with Gasteiger partial charge >= 0.3 is 5.97 Å². The third kappa shape index (κ3) is 4.56. The molecule has 2 aromatic carbocycles. The van der Waals surface area contributed by atoms with Crippen LogP contribution in [0.5, 0.6) is 23.0 Å². The summed E-state index contributed by atoms with van der Waals surface area (Å²) < 4.78 is 27.1. The van der Waals surface area contributed by atoms with E-state index < -0.39 is 17.8 Å². The first-order valence-electron chi connectivity index (χ1n) is 10.3. The van der Waals surface area contributed by atoms with Crippen LogP contribution in [0.4, 0.5) is 0 Å². The number of allylic oxidation sites excluding steroid dienone is 2. The van der Waals surface area contributed by atoms with Crippen molar-refractivity contribution in [3.8, 4) is 23.0 Å². The Morgan fingerprint density at radius 2 is 1.66 bits per heavy atom.